The van der Waals surface area contributed by atoms with Crippen molar-refractivity contribution in [3.8, 4) is 0 Å². The first kappa shape index (κ1) is 20.6. The van der Waals surface area contributed by atoms with E-state index in [4.69, 9.17) is 9.15 Å². The summed E-state index contributed by atoms with van der Waals surface area (Å²) in [5.74, 6) is -0.330. The summed E-state index contributed by atoms with van der Waals surface area (Å²) in [7, 11) is 0. The lowest BCUT2D eigenvalue weighted by Gasteiger charge is -2.30. The topological polar surface area (TPSA) is 99.2 Å². The van der Waals surface area contributed by atoms with Crippen molar-refractivity contribution >= 4 is 44.6 Å². The highest BCUT2D eigenvalue weighted by Crippen LogP contribution is 2.32. The van der Waals surface area contributed by atoms with Gasteiger partial charge < -0.3 is 14.5 Å². The molecule has 3 aromatic heterocycles. The molecule has 6 rings (SSSR count). The number of nitrogens with one attached hydrogen (secondary N) is 1. The number of anilines is 1. The van der Waals surface area contributed by atoms with Gasteiger partial charge in [-0.15, -0.1) is 0 Å². The number of aromatic nitrogens is 3. The van der Waals surface area contributed by atoms with Gasteiger partial charge in [-0.05, 0) is 31.4 Å². The number of nitrogens with zero attached hydrogens (tertiary/aromatic N) is 3. The summed E-state index contributed by atoms with van der Waals surface area (Å²) in [5, 5.41) is 5.51. The minimum atomic E-state index is -0.425. The van der Waals surface area contributed by atoms with E-state index in [9.17, 15) is 9.59 Å². The monoisotopic (exact) mass is 454 g/mol. The summed E-state index contributed by atoms with van der Waals surface area (Å²) in [5.41, 5.74) is 2.72. The number of hydrogen-bond acceptors (Lipinski definition) is 6. The first-order valence-corrected chi connectivity index (χ1v) is 11.1. The van der Waals surface area contributed by atoms with Crippen LogP contribution in [-0.4, -0.2) is 26.0 Å². The van der Waals surface area contributed by atoms with Crippen molar-refractivity contribution in [3.05, 3.63) is 76.5 Å². The highest BCUT2D eigenvalue weighted by Gasteiger charge is 2.28. The normalized spacial score (nSPS) is 15.0. The molecule has 170 valence electrons. The quantitative estimate of drug-likeness (QED) is 0.439. The lowest BCUT2D eigenvalue weighted by molar-refractivity contribution is -0.116. The van der Waals surface area contributed by atoms with Crippen LogP contribution >= 0.6 is 0 Å². The van der Waals surface area contributed by atoms with Crippen molar-refractivity contribution in [2.45, 2.75) is 39.0 Å². The molecule has 0 saturated carbocycles. The summed E-state index contributed by atoms with van der Waals surface area (Å²) in [6.07, 6.45) is 2.03. The van der Waals surface area contributed by atoms with Crippen LogP contribution in [0.15, 0.2) is 64.1 Å². The molecular formula is C26H22N4O4. The smallest absolute Gasteiger partial charge is 0.297 e. The zero-order valence-corrected chi connectivity index (χ0v) is 18.8. The molecule has 8 nitrogen and oxygen atoms in total. The van der Waals surface area contributed by atoms with Gasteiger partial charge in [-0.25, -0.2) is 9.97 Å². The van der Waals surface area contributed by atoms with Crippen molar-refractivity contribution in [1.29, 1.82) is 0 Å². The summed E-state index contributed by atoms with van der Waals surface area (Å²) in [6, 6.07) is 15.4. The number of furan rings is 1. The Morgan fingerprint density at radius 2 is 1.97 bits per heavy atom. The van der Waals surface area contributed by atoms with Crippen molar-refractivity contribution in [1.82, 2.24) is 14.5 Å². The second kappa shape index (κ2) is 7.50. The van der Waals surface area contributed by atoms with Crippen LogP contribution in [0.3, 0.4) is 0 Å². The molecule has 4 heterocycles. The number of amides is 1. The van der Waals surface area contributed by atoms with E-state index >= 15 is 0 Å². The van der Waals surface area contributed by atoms with Crippen LogP contribution in [0.1, 0.15) is 25.1 Å². The minimum absolute atomic E-state index is 0.0884. The van der Waals surface area contributed by atoms with Crippen LogP contribution in [-0.2, 0) is 29.1 Å². The Morgan fingerprint density at radius 1 is 1.15 bits per heavy atom. The fourth-order valence-electron chi connectivity index (χ4n) is 4.47. The molecule has 1 aliphatic heterocycles. The van der Waals surface area contributed by atoms with E-state index in [1.807, 2.05) is 62.4 Å². The molecule has 8 heteroatoms. The second-order valence-electron chi connectivity index (χ2n) is 9.20. The molecule has 0 atom stereocenters. The van der Waals surface area contributed by atoms with E-state index < -0.39 is 5.56 Å². The minimum Gasteiger partial charge on any atom is -0.430 e. The number of pyridine rings is 1. The highest BCUT2D eigenvalue weighted by molar-refractivity contribution is 6.02. The van der Waals surface area contributed by atoms with E-state index in [-0.39, 0.29) is 23.6 Å². The lowest BCUT2D eigenvalue weighted by atomic mass is 9.95. The molecular weight excluding hydrogens is 432 g/mol. The standard InChI is InChI=1S/C26H22N4O4/c1-26(2)11-20-16(13-33-26)10-18-22-23(34-24(18)29-20)25(32)30(14-27-22)12-21(31)28-19-9-5-7-15-6-3-4-8-17(15)19/h3-10,14H,11-13H2,1-2H3,(H,28,31). The Morgan fingerprint density at radius 3 is 2.85 bits per heavy atom. The number of hydrogen-bond donors (Lipinski definition) is 1. The van der Waals surface area contributed by atoms with E-state index in [1.165, 1.54) is 10.9 Å². The van der Waals surface area contributed by atoms with Gasteiger partial charge in [0.05, 0.1) is 29.6 Å². The summed E-state index contributed by atoms with van der Waals surface area (Å²) in [6.45, 7) is 4.30. The van der Waals surface area contributed by atoms with Crippen molar-refractivity contribution in [2.24, 2.45) is 0 Å². The third-order valence-electron chi connectivity index (χ3n) is 6.20. The van der Waals surface area contributed by atoms with Crippen LogP contribution in [0, 0.1) is 0 Å². The van der Waals surface area contributed by atoms with E-state index in [0.29, 0.717) is 35.3 Å². The van der Waals surface area contributed by atoms with Crippen molar-refractivity contribution in [2.75, 3.05) is 5.32 Å². The van der Waals surface area contributed by atoms with Crippen LogP contribution in [0.4, 0.5) is 5.69 Å². The van der Waals surface area contributed by atoms with Gasteiger partial charge in [0.2, 0.25) is 17.2 Å². The van der Waals surface area contributed by atoms with Gasteiger partial charge in [0, 0.05) is 23.1 Å². The van der Waals surface area contributed by atoms with E-state index in [2.05, 4.69) is 15.3 Å². The number of rotatable bonds is 3. The Kier molecular flexibility index (Phi) is 4.53. The van der Waals surface area contributed by atoms with Crippen LogP contribution < -0.4 is 10.9 Å². The molecule has 0 saturated heterocycles. The van der Waals surface area contributed by atoms with Crippen molar-refractivity contribution in [3.63, 3.8) is 0 Å². The Balaban J connectivity index is 1.33. The first-order chi connectivity index (χ1) is 16.4. The zero-order valence-electron chi connectivity index (χ0n) is 18.8. The maximum absolute atomic E-state index is 13.1. The second-order valence-corrected chi connectivity index (χ2v) is 9.20. The number of benzene rings is 2. The van der Waals surface area contributed by atoms with Gasteiger partial charge >= 0.3 is 0 Å². The zero-order chi connectivity index (χ0) is 23.4. The molecule has 2 aromatic carbocycles. The molecule has 5 aromatic rings. The highest BCUT2D eigenvalue weighted by atomic mass is 16.5. The van der Waals surface area contributed by atoms with Gasteiger partial charge in [0.25, 0.3) is 5.56 Å². The number of ether oxygens (including phenoxy) is 1. The molecule has 0 unspecified atom stereocenters. The molecule has 1 amide bonds. The molecule has 0 fully saturated rings. The molecule has 0 aliphatic carbocycles. The number of fused-ring (bicyclic) bond motifs is 5. The largest absolute Gasteiger partial charge is 0.430 e. The van der Waals surface area contributed by atoms with E-state index in [1.54, 1.807) is 0 Å². The van der Waals surface area contributed by atoms with E-state index in [0.717, 1.165) is 22.0 Å². The summed E-state index contributed by atoms with van der Waals surface area (Å²) >= 11 is 0. The van der Waals surface area contributed by atoms with Gasteiger partial charge in [-0.2, -0.15) is 0 Å². The number of carbonyl (C=O) groups is 1. The third-order valence-corrected chi connectivity index (χ3v) is 6.20. The van der Waals surface area contributed by atoms with Gasteiger partial charge in [-0.1, -0.05) is 36.4 Å². The predicted octanol–water partition coefficient (Wildman–Crippen LogP) is 4.18. The third kappa shape index (κ3) is 3.43. The summed E-state index contributed by atoms with van der Waals surface area (Å²) < 4.78 is 13.0. The summed E-state index contributed by atoms with van der Waals surface area (Å²) in [4.78, 5) is 35.0. The fraction of sp³-hybridized carbons (Fsp3) is 0.231. The lowest BCUT2D eigenvalue weighted by Crippen LogP contribution is -2.32. The molecule has 1 N–H and O–H groups in total. The molecule has 0 bridgehead atoms. The van der Waals surface area contributed by atoms with Crippen LogP contribution in [0.2, 0.25) is 0 Å². The Hall–Kier alpha value is -4.04. The average molecular weight is 454 g/mol. The maximum Gasteiger partial charge on any atom is 0.297 e. The first-order valence-electron chi connectivity index (χ1n) is 11.1. The van der Waals surface area contributed by atoms with Crippen LogP contribution in [0.5, 0.6) is 0 Å². The molecule has 1 aliphatic rings. The Labute approximate surface area is 194 Å². The van der Waals surface area contributed by atoms with Gasteiger partial charge in [0.15, 0.2) is 0 Å². The Bertz CT molecular complexity index is 1660. The fourth-order valence-corrected chi connectivity index (χ4v) is 4.47. The van der Waals surface area contributed by atoms with Gasteiger partial charge in [0.1, 0.15) is 12.1 Å². The average Bonchev–Trinajstić information content (AvgIpc) is 3.17. The van der Waals surface area contributed by atoms with Crippen molar-refractivity contribution < 1.29 is 13.9 Å². The number of carbonyl (C=O) groups excluding carboxylic acids is 1. The maximum atomic E-state index is 13.1. The predicted molar refractivity (Wildman–Crippen MR) is 129 cm³/mol. The molecule has 34 heavy (non-hydrogen) atoms. The SMILES string of the molecule is CC1(C)Cc2nc3oc4c(=O)n(CC(=O)Nc5cccc6ccccc56)cnc4c3cc2CO1. The van der Waals surface area contributed by atoms with Crippen LogP contribution in [0.25, 0.3) is 33.0 Å². The molecule has 0 spiro atoms. The molecule has 0 radical (unpaired) electrons. The van der Waals surface area contributed by atoms with Gasteiger partial charge in [-0.3, -0.25) is 14.2 Å².